The van der Waals surface area contributed by atoms with Crippen molar-refractivity contribution in [2.75, 3.05) is 6.54 Å². The molecule has 5 nitrogen and oxygen atoms in total. The molecule has 1 aliphatic carbocycles. The fraction of sp³-hybridized carbons (Fsp3) is 0.450. The molecule has 0 radical (unpaired) electrons. The van der Waals surface area contributed by atoms with Crippen molar-refractivity contribution in [2.24, 2.45) is 0 Å². The zero-order valence-electron chi connectivity index (χ0n) is 15.7. The van der Waals surface area contributed by atoms with Crippen molar-refractivity contribution < 1.29 is 18.0 Å². The molecule has 1 fully saturated rings. The van der Waals surface area contributed by atoms with E-state index < -0.39 is 25.0 Å². The third-order valence-corrected chi connectivity index (χ3v) is 4.62. The van der Waals surface area contributed by atoms with Gasteiger partial charge in [-0.05, 0) is 44.7 Å². The zero-order chi connectivity index (χ0) is 20.5. The number of nitriles is 1. The number of nitrogens with zero attached hydrogens (tertiary/aromatic N) is 3. The molecule has 0 saturated heterocycles. The highest BCUT2D eigenvalue weighted by atomic mass is 19.4. The quantitative estimate of drug-likeness (QED) is 0.786. The molecule has 0 unspecified atom stereocenters. The average molecular weight is 390 g/mol. The minimum Gasteiger partial charge on any atom is -0.350 e. The Bertz CT molecular complexity index is 903. The number of benzene rings is 1. The number of carbonyl (C=O) groups is 1. The van der Waals surface area contributed by atoms with Gasteiger partial charge in [0.2, 0.25) is 0 Å². The van der Waals surface area contributed by atoms with Crippen molar-refractivity contribution in [3.05, 3.63) is 41.1 Å². The van der Waals surface area contributed by atoms with E-state index in [1.54, 1.807) is 28.9 Å². The Hall–Kier alpha value is -2.82. The Morgan fingerprint density at radius 1 is 1.32 bits per heavy atom. The largest absolute Gasteiger partial charge is 0.390 e. The van der Waals surface area contributed by atoms with Gasteiger partial charge in [-0.1, -0.05) is 12.1 Å². The normalized spacial score (nSPS) is 14.2. The summed E-state index contributed by atoms with van der Waals surface area (Å²) in [4.78, 5) is 12.8. The van der Waals surface area contributed by atoms with Crippen molar-refractivity contribution >= 4 is 5.91 Å². The van der Waals surface area contributed by atoms with Crippen LogP contribution in [0.25, 0.3) is 11.3 Å². The second-order valence-corrected chi connectivity index (χ2v) is 7.23. The summed E-state index contributed by atoms with van der Waals surface area (Å²) in [6.45, 7) is 3.28. The van der Waals surface area contributed by atoms with Gasteiger partial charge in [-0.3, -0.25) is 9.48 Å². The number of hydrogen-bond acceptors (Lipinski definition) is 3. The highest BCUT2D eigenvalue weighted by Crippen LogP contribution is 2.46. The first kappa shape index (κ1) is 19.9. The second kappa shape index (κ2) is 7.66. The van der Waals surface area contributed by atoms with Crippen molar-refractivity contribution in [1.82, 2.24) is 15.1 Å². The number of nitrogens with one attached hydrogen (secondary N) is 1. The van der Waals surface area contributed by atoms with Gasteiger partial charge in [0.1, 0.15) is 5.69 Å². The summed E-state index contributed by atoms with van der Waals surface area (Å²) < 4.78 is 38.9. The smallest absolute Gasteiger partial charge is 0.350 e. The van der Waals surface area contributed by atoms with Crippen molar-refractivity contribution in [1.29, 1.82) is 5.26 Å². The molecule has 8 heteroatoms. The lowest BCUT2D eigenvalue weighted by Crippen LogP contribution is -2.31. The van der Waals surface area contributed by atoms with E-state index in [9.17, 15) is 18.0 Å². The van der Waals surface area contributed by atoms with Crippen LogP contribution in [0.2, 0.25) is 0 Å². The van der Waals surface area contributed by atoms with Gasteiger partial charge in [-0.2, -0.15) is 23.5 Å². The predicted molar refractivity (Wildman–Crippen MR) is 97.7 cm³/mol. The Morgan fingerprint density at radius 2 is 1.96 bits per heavy atom. The van der Waals surface area contributed by atoms with Crippen LogP contribution in [0.3, 0.4) is 0 Å². The first-order valence-corrected chi connectivity index (χ1v) is 9.19. The molecule has 3 rings (SSSR count). The average Bonchev–Trinajstić information content (AvgIpc) is 3.39. The van der Waals surface area contributed by atoms with Crippen LogP contribution in [-0.2, 0) is 0 Å². The molecule has 1 aliphatic rings. The number of aromatic nitrogens is 2. The number of rotatable bonds is 6. The number of halogens is 3. The molecule has 2 aromatic rings. The Kier molecular flexibility index (Phi) is 5.45. The van der Waals surface area contributed by atoms with Crippen LogP contribution in [0.1, 0.15) is 66.7 Å². The molecule has 0 atom stereocenters. The van der Waals surface area contributed by atoms with Crippen LogP contribution in [-0.4, -0.2) is 28.4 Å². The third-order valence-electron chi connectivity index (χ3n) is 4.62. The minimum atomic E-state index is -4.32. The zero-order valence-corrected chi connectivity index (χ0v) is 15.7. The van der Waals surface area contributed by atoms with Crippen molar-refractivity contribution in [3.63, 3.8) is 0 Å². The van der Waals surface area contributed by atoms with E-state index >= 15 is 0 Å². The molecular formula is C20H21F3N4O. The van der Waals surface area contributed by atoms with E-state index in [1.165, 1.54) is 0 Å². The number of carbonyl (C=O) groups excluding carboxylic acids is 1. The van der Waals surface area contributed by atoms with Gasteiger partial charge in [-0.25, -0.2) is 0 Å². The van der Waals surface area contributed by atoms with Crippen molar-refractivity contribution in [2.45, 2.75) is 51.2 Å². The molecule has 28 heavy (non-hydrogen) atoms. The molecule has 0 bridgehead atoms. The Morgan fingerprint density at radius 3 is 2.46 bits per heavy atom. The van der Waals surface area contributed by atoms with Crippen LogP contribution in [0.5, 0.6) is 0 Å². The number of hydrogen-bond donors (Lipinski definition) is 1. The lowest BCUT2D eigenvalue weighted by molar-refractivity contribution is -0.133. The second-order valence-electron chi connectivity index (χ2n) is 7.23. The molecule has 1 N–H and O–H groups in total. The molecule has 1 heterocycles. The minimum absolute atomic E-state index is 0.131. The summed E-state index contributed by atoms with van der Waals surface area (Å²) in [6.07, 6.45) is -3.57. The Balaban J connectivity index is 1.99. The van der Waals surface area contributed by atoms with Crippen LogP contribution in [0.4, 0.5) is 13.2 Å². The molecule has 148 valence electrons. The number of amides is 1. The Labute approximate surface area is 161 Å². The van der Waals surface area contributed by atoms with Crippen LogP contribution < -0.4 is 5.32 Å². The van der Waals surface area contributed by atoms with Gasteiger partial charge < -0.3 is 5.32 Å². The maximum atomic E-state index is 12.8. The van der Waals surface area contributed by atoms with E-state index in [2.05, 4.69) is 16.5 Å². The van der Waals surface area contributed by atoms with Gasteiger partial charge in [-0.15, -0.1) is 0 Å². The highest BCUT2D eigenvalue weighted by molar-refractivity contribution is 5.96. The van der Waals surface area contributed by atoms with Crippen LogP contribution in [0, 0.1) is 11.3 Å². The van der Waals surface area contributed by atoms with Gasteiger partial charge in [0.15, 0.2) is 0 Å². The van der Waals surface area contributed by atoms with E-state index in [4.69, 9.17) is 5.26 Å². The fourth-order valence-electron chi connectivity index (χ4n) is 3.12. The van der Waals surface area contributed by atoms with Gasteiger partial charge in [0.05, 0.1) is 23.7 Å². The summed E-state index contributed by atoms with van der Waals surface area (Å²) in [7, 11) is 0. The molecule has 1 saturated carbocycles. The van der Waals surface area contributed by atoms with E-state index in [-0.39, 0.29) is 12.0 Å². The molecule has 1 aromatic carbocycles. The number of alkyl halides is 3. The van der Waals surface area contributed by atoms with E-state index in [1.807, 2.05) is 13.8 Å². The molecule has 0 spiro atoms. The van der Waals surface area contributed by atoms with E-state index in [0.717, 1.165) is 24.0 Å². The predicted octanol–water partition coefficient (Wildman–Crippen LogP) is 4.56. The maximum absolute atomic E-state index is 12.8. The molecule has 0 aliphatic heterocycles. The topological polar surface area (TPSA) is 70.7 Å². The van der Waals surface area contributed by atoms with Crippen molar-refractivity contribution in [3.8, 4) is 17.3 Å². The lowest BCUT2D eigenvalue weighted by atomic mass is 10.0. The summed E-state index contributed by atoms with van der Waals surface area (Å²) in [6, 6.07) is 8.86. The monoisotopic (exact) mass is 390 g/mol. The van der Waals surface area contributed by atoms with Crippen LogP contribution in [0.15, 0.2) is 24.3 Å². The standard InChI is InChI=1S/C20H21F3N4O/c1-12(2)27-18(19(28)25-10-9-20(21,22)23)16(14-7-8-14)17(26-27)15-5-3-13(11-24)4-6-15/h3-6,12,14H,7-10H2,1-2H3,(H,25,28). The maximum Gasteiger partial charge on any atom is 0.390 e. The first-order valence-electron chi connectivity index (χ1n) is 9.19. The summed E-state index contributed by atoms with van der Waals surface area (Å²) in [5, 5.41) is 16.0. The van der Waals surface area contributed by atoms with Crippen LogP contribution >= 0.6 is 0 Å². The third kappa shape index (κ3) is 4.35. The lowest BCUT2D eigenvalue weighted by Gasteiger charge is -2.13. The van der Waals surface area contributed by atoms with Gasteiger partial charge in [0.25, 0.3) is 5.91 Å². The fourth-order valence-corrected chi connectivity index (χ4v) is 3.12. The van der Waals surface area contributed by atoms with E-state index in [0.29, 0.717) is 17.0 Å². The summed E-state index contributed by atoms with van der Waals surface area (Å²) in [5.41, 5.74) is 3.07. The summed E-state index contributed by atoms with van der Waals surface area (Å²) >= 11 is 0. The molecule has 1 amide bonds. The highest BCUT2D eigenvalue weighted by Gasteiger charge is 2.36. The first-order chi connectivity index (χ1) is 13.2. The molecule has 1 aromatic heterocycles. The SMILES string of the molecule is CC(C)n1nc(-c2ccc(C#N)cc2)c(C2CC2)c1C(=O)NCCC(F)(F)F. The molecular weight excluding hydrogens is 369 g/mol. The summed E-state index contributed by atoms with van der Waals surface area (Å²) in [5.74, 6) is -0.367. The van der Waals surface area contributed by atoms with Gasteiger partial charge in [0, 0.05) is 23.7 Å². The van der Waals surface area contributed by atoms with Gasteiger partial charge >= 0.3 is 6.18 Å².